The van der Waals surface area contributed by atoms with Gasteiger partial charge in [-0.15, -0.1) is 6.58 Å². The standard InChI is InChI=1S/C17H11Cl2N3O3S/c1-2-7-21-14-6-4-11(22(24)25)9-15(14)26-17(21)20-16(23)12-5-3-10(18)8-13(12)19/h2-6,8-9H,1,7H2. The summed E-state index contributed by atoms with van der Waals surface area (Å²) in [6, 6.07) is 9.04. The van der Waals surface area contributed by atoms with Crippen molar-refractivity contribution in [2.75, 3.05) is 0 Å². The Kier molecular flexibility index (Phi) is 5.22. The molecule has 0 N–H and O–H groups in total. The number of amides is 1. The Morgan fingerprint density at radius 2 is 2.08 bits per heavy atom. The Labute approximate surface area is 161 Å². The van der Waals surface area contributed by atoms with Crippen molar-refractivity contribution in [1.29, 1.82) is 0 Å². The van der Waals surface area contributed by atoms with Crippen LogP contribution in [-0.4, -0.2) is 15.4 Å². The SMILES string of the molecule is C=CCn1c(=NC(=O)c2ccc(Cl)cc2Cl)sc2cc([N+](=O)[O-])ccc21. The second-order valence-corrected chi connectivity index (χ2v) is 7.09. The maximum absolute atomic E-state index is 12.5. The number of nitro groups is 1. The fourth-order valence-electron chi connectivity index (χ4n) is 2.38. The lowest BCUT2D eigenvalue weighted by atomic mass is 10.2. The summed E-state index contributed by atoms with van der Waals surface area (Å²) in [4.78, 5) is 27.6. The number of rotatable bonds is 4. The van der Waals surface area contributed by atoms with Gasteiger partial charge in [-0.1, -0.05) is 40.6 Å². The van der Waals surface area contributed by atoms with E-state index in [1.54, 1.807) is 22.8 Å². The highest BCUT2D eigenvalue weighted by molar-refractivity contribution is 7.16. The van der Waals surface area contributed by atoms with E-state index in [9.17, 15) is 14.9 Å². The van der Waals surface area contributed by atoms with Crippen LogP contribution in [-0.2, 0) is 6.54 Å². The molecule has 0 unspecified atom stereocenters. The third-order valence-electron chi connectivity index (χ3n) is 3.55. The molecule has 0 atom stereocenters. The van der Waals surface area contributed by atoms with Crippen molar-refractivity contribution in [3.05, 3.63) is 79.6 Å². The summed E-state index contributed by atoms with van der Waals surface area (Å²) in [7, 11) is 0. The number of aromatic nitrogens is 1. The third-order valence-corrected chi connectivity index (χ3v) is 5.14. The van der Waals surface area contributed by atoms with E-state index in [1.807, 2.05) is 0 Å². The molecule has 0 fully saturated rings. The van der Waals surface area contributed by atoms with E-state index < -0.39 is 10.8 Å². The Hall–Kier alpha value is -2.48. The summed E-state index contributed by atoms with van der Waals surface area (Å²) in [5, 5.41) is 11.6. The van der Waals surface area contributed by atoms with Gasteiger partial charge < -0.3 is 4.57 Å². The second kappa shape index (κ2) is 7.41. The molecule has 9 heteroatoms. The molecule has 6 nitrogen and oxygen atoms in total. The summed E-state index contributed by atoms with van der Waals surface area (Å²) in [5.74, 6) is -0.523. The molecule has 0 spiro atoms. The van der Waals surface area contributed by atoms with Crippen LogP contribution < -0.4 is 4.80 Å². The van der Waals surface area contributed by atoms with E-state index in [2.05, 4.69) is 11.6 Å². The number of benzene rings is 2. The first-order valence-corrected chi connectivity index (χ1v) is 8.90. The van der Waals surface area contributed by atoms with Gasteiger partial charge in [-0.05, 0) is 24.3 Å². The Balaban J connectivity index is 2.17. The van der Waals surface area contributed by atoms with Crippen LogP contribution in [0.1, 0.15) is 10.4 Å². The average molecular weight is 408 g/mol. The predicted octanol–water partition coefficient (Wildman–Crippen LogP) is 4.84. The number of nitrogens with zero attached hydrogens (tertiary/aromatic N) is 3. The van der Waals surface area contributed by atoms with E-state index in [-0.39, 0.29) is 16.3 Å². The molecule has 0 saturated carbocycles. The number of non-ortho nitro benzene ring substituents is 1. The maximum atomic E-state index is 12.5. The zero-order valence-corrected chi connectivity index (χ0v) is 15.5. The average Bonchev–Trinajstić information content (AvgIpc) is 2.91. The van der Waals surface area contributed by atoms with Gasteiger partial charge >= 0.3 is 0 Å². The van der Waals surface area contributed by atoms with Crippen LogP contribution in [0.15, 0.2) is 54.0 Å². The molecule has 3 aromatic rings. The lowest BCUT2D eigenvalue weighted by Gasteiger charge is -2.02. The fraction of sp³-hybridized carbons (Fsp3) is 0.0588. The normalized spacial score (nSPS) is 11.7. The molecule has 2 aromatic carbocycles. The van der Waals surface area contributed by atoms with Crippen molar-refractivity contribution < 1.29 is 9.72 Å². The Morgan fingerprint density at radius 3 is 2.73 bits per heavy atom. The molecule has 3 rings (SSSR count). The molecule has 0 bridgehead atoms. The van der Waals surface area contributed by atoms with Gasteiger partial charge in [-0.25, -0.2) is 0 Å². The summed E-state index contributed by atoms with van der Waals surface area (Å²) in [6.07, 6.45) is 1.66. The van der Waals surface area contributed by atoms with Crippen LogP contribution in [0.25, 0.3) is 10.2 Å². The number of thiazole rings is 1. The molecule has 132 valence electrons. The predicted molar refractivity (Wildman–Crippen MR) is 103 cm³/mol. The molecule has 1 aromatic heterocycles. The van der Waals surface area contributed by atoms with E-state index in [4.69, 9.17) is 23.2 Å². The smallest absolute Gasteiger partial charge is 0.281 e. The lowest BCUT2D eigenvalue weighted by molar-refractivity contribution is -0.384. The minimum absolute atomic E-state index is 0.0249. The van der Waals surface area contributed by atoms with Crippen LogP contribution in [0.3, 0.4) is 0 Å². The molecule has 0 aliphatic carbocycles. The molecule has 0 aliphatic heterocycles. The zero-order chi connectivity index (χ0) is 18.8. The van der Waals surface area contributed by atoms with Crippen LogP contribution in [0.4, 0.5) is 5.69 Å². The van der Waals surface area contributed by atoms with Crippen molar-refractivity contribution in [3.63, 3.8) is 0 Å². The Morgan fingerprint density at radius 1 is 1.31 bits per heavy atom. The number of fused-ring (bicyclic) bond motifs is 1. The molecule has 1 heterocycles. The number of hydrogen-bond donors (Lipinski definition) is 0. The fourth-order valence-corrected chi connectivity index (χ4v) is 3.94. The summed E-state index contributed by atoms with van der Waals surface area (Å²) in [6.45, 7) is 4.10. The van der Waals surface area contributed by atoms with Crippen molar-refractivity contribution in [2.24, 2.45) is 4.99 Å². The number of hydrogen-bond acceptors (Lipinski definition) is 4. The molecule has 0 aliphatic rings. The van der Waals surface area contributed by atoms with Gasteiger partial charge in [0.15, 0.2) is 4.80 Å². The van der Waals surface area contributed by atoms with Gasteiger partial charge in [-0.3, -0.25) is 14.9 Å². The molecule has 26 heavy (non-hydrogen) atoms. The highest BCUT2D eigenvalue weighted by atomic mass is 35.5. The topological polar surface area (TPSA) is 77.5 Å². The van der Waals surface area contributed by atoms with Crippen LogP contribution in [0.2, 0.25) is 10.0 Å². The third kappa shape index (κ3) is 3.55. The van der Waals surface area contributed by atoms with Gasteiger partial charge in [0.1, 0.15) is 0 Å². The number of allylic oxidation sites excluding steroid dienone is 1. The van der Waals surface area contributed by atoms with Crippen molar-refractivity contribution in [3.8, 4) is 0 Å². The maximum Gasteiger partial charge on any atom is 0.281 e. The van der Waals surface area contributed by atoms with E-state index in [0.29, 0.717) is 21.1 Å². The first-order chi connectivity index (χ1) is 12.4. The number of nitro benzene ring substituents is 1. The lowest BCUT2D eigenvalue weighted by Crippen LogP contribution is -2.16. The van der Waals surface area contributed by atoms with Gasteiger partial charge in [0.05, 0.1) is 25.7 Å². The highest BCUT2D eigenvalue weighted by Gasteiger charge is 2.14. The molecular weight excluding hydrogens is 397 g/mol. The minimum atomic E-state index is -0.523. The summed E-state index contributed by atoms with van der Waals surface area (Å²) < 4.78 is 2.41. The van der Waals surface area contributed by atoms with Crippen LogP contribution in [0.5, 0.6) is 0 Å². The van der Waals surface area contributed by atoms with Crippen molar-refractivity contribution in [2.45, 2.75) is 6.54 Å². The first kappa shape index (κ1) is 18.3. The number of carbonyl (C=O) groups excluding carboxylic acids is 1. The van der Waals surface area contributed by atoms with E-state index in [1.165, 1.54) is 35.6 Å². The number of halogens is 2. The number of carbonyl (C=O) groups is 1. The first-order valence-electron chi connectivity index (χ1n) is 7.33. The minimum Gasteiger partial charge on any atom is -0.312 e. The molecule has 1 amide bonds. The molecular formula is C17H11Cl2N3O3S. The van der Waals surface area contributed by atoms with E-state index >= 15 is 0 Å². The van der Waals surface area contributed by atoms with Gasteiger partial charge in [-0.2, -0.15) is 4.99 Å². The highest BCUT2D eigenvalue weighted by Crippen LogP contribution is 2.24. The largest absolute Gasteiger partial charge is 0.312 e. The van der Waals surface area contributed by atoms with Gasteiger partial charge in [0.25, 0.3) is 11.6 Å². The zero-order valence-electron chi connectivity index (χ0n) is 13.2. The van der Waals surface area contributed by atoms with Crippen molar-refractivity contribution in [1.82, 2.24) is 4.57 Å². The Bertz CT molecular complexity index is 1120. The van der Waals surface area contributed by atoms with Gasteiger partial charge in [0.2, 0.25) is 0 Å². The quantitative estimate of drug-likeness (QED) is 0.352. The van der Waals surface area contributed by atoms with Crippen LogP contribution in [0, 0.1) is 10.1 Å². The van der Waals surface area contributed by atoms with Gasteiger partial charge in [0, 0.05) is 23.7 Å². The van der Waals surface area contributed by atoms with E-state index in [0.717, 1.165) is 5.52 Å². The summed E-state index contributed by atoms with van der Waals surface area (Å²) >= 11 is 13.1. The summed E-state index contributed by atoms with van der Waals surface area (Å²) in [5.41, 5.74) is 0.932. The second-order valence-electron chi connectivity index (χ2n) is 5.23. The molecule has 0 radical (unpaired) electrons. The molecule has 0 saturated heterocycles. The monoisotopic (exact) mass is 407 g/mol. The van der Waals surface area contributed by atoms with Crippen molar-refractivity contribution >= 4 is 56.3 Å². The van der Waals surface area contributed by atoms with Crippen LogP contribution >= 0.6 is 34.5 Å².